The van der Waals surface area contributed by atoms with Crippen molar-refractivity contribution in [3.63, 3.8) is 0 Å². The maximum Gasteiger partial charge on any atom is 0.196 e. The Bertz CT molecular complexity index is 427. The molecule has 2 heteroatoms. The summed E-state index contributed by atoms with van der Waals surface area (Å²) in [4.78, 5) is 11.9. The van der Waals surface area contributed by atoms with Crippen molar-refractivity contribution in [2.45, 2.75) is 12.8 Å². The quantitative estimate of drug-likeness (QED) is 0.745. The van der Waals surface area contributed by atoms with Gasteiger partial charge in [0.1, 0.15) is 5.76 Å². The van der Waals surface area contributed by atoms with Gasteiger partial charge >= 0.3 is 0 Å². The molecule has 1 aromatic rings. The molecule has 1 N–H and O–H groups in total. The van der Waals surface area contributed by atoms with Gasteiger partial charge in [-0.15, -0.1) is 0 Å². The van der Waals surface area contributed by atoms with E-state index in [1.807, 2.05) is 18.2 Å². The number of allylic oxidation sites excluding steroid dienone is 3. The average Bonchev–Trinajstić information content (AvgIpc) is 2.30. The zero-order valence-corrected chi connectivity index (χ0v) is 8.31. The molecule has 1 aromatic carbocycles. The number of hydrogen-bond donors (Lipinski definition) is 1. The van der Waals surface area contributed by atoms with E-state index >= 15 is 0 Å². The molecule has 0 saturated heterocycles. The SMILES string of the molecule is O=C(C1=CCCC=C1O)c1ccccc1. The minimum absolute atomic E-state index is 0.107. The molecule has 0 spiro atoms. The number of aliphatic hydroxyl groups excluding tert-OH is 1. The first-order valence-corrected chi connectivity index (χ1v) is 4.98. The lowest BCUT2D eigenvalue weighted by atomic mass is 9.97. The standard InChI is InChI=1S/C13H12O2/c14-12-9-5-4-8-11(12)13(15)10-6-2-1-3-7-10/h1-3,6-9,14H,4-5H2. The summed E-state index contributed by atoms with van der Waals surface area (Å²) in [6.45, 7) is 0. The van der Waals surface area contributed by atoms with E-state index in [4.69, 9.17) is 0 Å². The summed E-state index contributed by atoms with van der Waals surface area (Å²) in [6.07, 6.45) is 5.11. The highest BCUT2D eigenvalue weighted by Gasteiger charge is 2.16. The lowest BCUT2D eigenvalue weighted by molar-refractivity contribution is 0.103. The minimum atomic E-state index is -0.107. The fourth-order valence-electron chi connectivity index (χ4n) is 1.62. The predicted molar refractivity (Wildman–Crippen MR) is 58.8 cm³/mol. The van der Waals surface area contributed by atoms with Gasteiger partial charge in [0.05, 0.1) is 5.57 Å². The smallest absolute Gasteiger partial charge is 0.196 e. The summed E-state index contributed by atoms with van der Waals surface area (Å²) in [5, 5.41) is 9.57. The summed E-state index contributed by atoms with van der Waals surface area (Å²) >= 11 is 0. The van der Waals surface area contributed by atoms with Crippen LogP contribution in [0.25, 0.3) is 0 Å². The van der Waals surface area contributed by atoms with Crippen LogP contribution in [0.4, 0.5) is 0 Å². The number of rotatable bonds is 2. The fourth-order valence-corrected chi connectivity index (χ4v) is 1.62. The molecule has 0 unspecified atom stereocenters. The molecule has 2 rings (SSSR count). The van der Waals surface area contributed by atoms with Gasteiger partial charge in [-0.25, -0.2) is 0 Å². The van der Waals surface area contributed by atoms with Crippen LogP contribution in [0.1, 0.15) is 23.2 Å². The highest BCUT2D eigenvalue weighted by molar-refractivity contribution is 6.11. The predicted octanol–water partition coefficient (Wildman–Crippen LogP) is 3.03. The molecule has 1 aliphatic rings. The summed E-state index contributed by atoms with van der Waals surface area (Å²) < 4.78 is 0. The summed E-state index contributed by atoms with van der Waals surface area (Å²) in [5.41, 5.74) is 1.04. The zero-order valence-electron chi connectivity index (χ0n) is 8.31. The van der Waals surface area contributed by atoms with Crippen LogP contribution in [-0.2, 0) is 0 Å². The Hall–Kier alpha value is -1.83. The topological polar surface area (TPSA) is 37.3 Å². The molecule has 0 bridgehead atoms. The van der Waals surface area contributed by atoms with E-state index in [-0.39, 0.29) is 11.5 Å². The van der Waals surface area contributed by atoms with Gasteiger partial charge in [-0.05, 0) is 18.9 Å². The Labute approximate surface area is 88.6 Å². The van der Waals surface area contributed by atoms with Crippen molar-refractivity contribution < 1.29 is 9.90 Å². The number of carbonyl (C=O) groups excluding carboxylic acids is 1. The number of hydrogen-bond acceptors (Lipinski definition) is 2. The number of benzene rings is 1. The molecule has 2 nitrogen and oxygen atoms in total. The van der Waals surface area contributed by atoms with E-state index in [9.17, 15) is 9.90 Å². The second-order valence-corrected chi connectivity index (χ2v) is 3.48. The molecule has 0 atom stereocenters. The molecule has 0 amide bonds. The number of carbonyl (C=O) groups is 1. The Morgan fingerprint density at radius 1 is 1.07 bits per heavy atom. The Morgan fingerprint density at radius 3 is 2.40 bits per heavy atom. The van der Waals surface area contributed by atoms with Crippen molar-refractivity contribution in [3.8, 4) is 0 Å². The molecule has 0 aromatic heterocycles. The lowest BCUT2D eigenvalue weighted by Crippen LogP contribution is -2.07. The van der Waals surface area contributed by atoms with Crippen LogP contribution in [-0.4, -0.2) is 10.9 Å². The average molecular weight is 200 g/mol. The fraction of sp³-hybridized carbons (Fsp3) is 0.154. The van der Waals surface area contributed by atoms with E-state index in [2.05, 4.69) is 0 Å². The van der Waals surface area contributed by atoms with Gasteiger partial charge in [0, 0.05) is 5.56 Å². The Morgan fingerprint density at radius 2 is 1.73 bits per heavy atom. The van der Waals surface area contributed by atoms with Crippen LogP contribution in [0.5, 0.6) is 0 Å². The normalized spacial score (nSPS) is 15.5. The number of Topliss-reactive ketones (excluding diaryl/α,β-unsaturated/α-hetero) is 1. The molecular formula is C13H12O2. The van der Waals surface area contributed by atoms with E-state index in [1.54, 1.807) is 24.3 Å². The van der Waals surface area contributed by atoms with Crippen molar-refractivity contribution in [3.05, 3.63) is 59.4 Å². The van der Waals surface area contributed by atoms with Crippen LogP contribution in [0.15, 0.2) is 53.8 Å². The van der Waals surface area contributed by atoms with Gasteiger partial charge in [-0.1, -0.05) is 36.4 Å². The van der Waals surface area contributed by atoms with Crippen molar-refractivity contribution in [2.75, 3.05) is 0 Å². The van der Waals surface area contributed by atoms with Gasteiger partial charge in [0.2, 0.25) is 0 Å². The molecule has 0 radical (unpaired) electrons. The Balaban J connectivity index is 2.30. The van der Waals surface area contributed by atoms with Crippen molar-refractivity contribution in [2.24, 2.45) is 0 Å². The third-order valence-electron chi connectivity index (χ3n) is 2.41. The van der Waals surface area contributed by atoms with Crippen molar-refractivity contribution in [1.82, 2.24) is 0 Å². The first-order valence-electron chi connectivity index (χ1n) is 4.98. The third-order valence-corrected chi connectivity index (χ3v) is 2.41. The highest BCUT2D eigenvalue weighted by atomic mass is 16.3. The second kappa shape index (κ2) is 4.13. The van der Waals surface area contributed by atoms with E-state index in [0.29, 0.717) is 11.1 Å². The van der Waals surface area contributed by atoms with Crippen LogP contribution in [0.2, 0.25) is 0 Å². The largest absolute Gasteiger partial charge is 0.508 e. The van der Waals surface area contributed by atoms with Gasteiger partial charge in [0.15, 0.2) is 5.78 Å². The summed E-state index contributed by atoms with van der Waals surface area (Å²) in [7, 11) is 0. The maximum absolute atomic E-state index is 11.9. The van der Waals surface area contributed by atoms with E-state index in [0.717, 1.165) is 12.8 Å². The monoisotopic (exact) mass is 200 g/mol. The van der Waals surface area contributed by atoms with Gasteiger partial charge < -0.3 is 5.11 Å². The van der Waals surface area contributed by atoms with E-state index in [1.165, 1.54) is 0 Å². The second-order valence-electron chi connectivity index (χ2n) is 3.48. The summed E-state index contributed by atoms with van der Waals surface area (Å²) in [6, 6.07) is 9.01. The summed E-state index contributed by atoms with van der Waals surface area (Å²) in [5.74, 6) is -0.000784. The minimum Gasteiger partial charge on any atom is -0.508 e. The van der Waals surface area contributed by atoms with Crippen LogP contribution in [0, 0.1) is 0 Å². The van der Waals surface area contributed by atoms with Crippen molar-refractivity contribution >= 4 is 5.78 Å². The molecule has 76 valence electrons. The third kappa shape index (κ3) is 1.99. The molecule has 0 fully saturated rings. The van der Waals surface area contributed by atoms with Crippen LogP contribution < -0.4 is 0 Å². The van der Waals surface area contributed by atoms with Gasteiger partial charge in [-0.3, -0.25) is 4.79 Å². The van der Waals surface area contributed by atoms with Crippen LogP contribution >= 0.6 is 0 Å². The highest BCUT2D eigenvalue weighted by Crippen LogP contribution is 2.20. The molecule has 0 aliphatic heterocycles. The Kier molecular flexibility index (Phi) is 2.68. The van der Waals surface area contributed by atoms with Gasteiger partial charge in [-0.2, -0.15) is 0 Å². The first-order chi connectivity index (χ1) is 7.29. The molecule has 1 aliphatic carbocycles. The van der Waals surface area contributed by atoms with E-state index < -0.39 is 0 Å². The number of aliphatic hydroxyl groups is 1. The molecular weight excluding hydrogens is 188 g/mol. The van der Waals surface area contributed by atoms with Gasteiger partial charge in [0.25, 0.3) is 0 Å². The molecule has 0 saturated carbocycles. The first kappa shape index (κ1) is 9.71. The molecule has 0 heterocycles. The molecule has 15 heavy (non-hydrogen) atoms. The van der Waals surface area contributed by atoms with Crippen molar-refractivity contribution in [1.29, 1.82) is 0 Å². The lowest BCUT2D eigenvalue weighted by Gasteiger charge is -2.09. The number of ketones is 1. The maximum atomic E-state index is 11.9. The van der Waals surface area contributed by atoms with Crippen LogP contribution in [0.3, 0.4) is 0 Å². The zero-order chi connectivity index (χ0) is 10.7.